The fourth-order valence-corrected chi connectivity index (χ4v) is 2.64. The molecule has 1 unspecified atom stereocenters. The highest BCUT2D eigenvalue weighted by atomic mass is 16.3. The number of benzene rings is 1. The molecule has 1 aliphatic rings. The third-order valence-corrected chi connectivity index (χ3v) is 3.96. The molecule has 0 saturated heterocycles. The maximum atomic E-state index is 12.1. The molecule has 1 fully saturated rings. The third kappa shape index (κ3) is 4.44. The molecule has 1 atom stereocenters. The van der Waals surface area contributed by atoms with Crippen LogP contribution in [-0.2, 0) is 4.79 Å². The molecule has 0 radical (unpaired) electrons. The van der Waals surface area contributed by atoms with Crippen molar-refractivity contribution in [3.05, 3.63) is 23.8 Å². The van der Waals surface area contributed by atoms with Crippen molar-refractivity contribution >= 4 is 17.3 Å². The molecule has 1 aliphatic carbocycles. The number of rotatable bonds is 6. The molecule has 0 bridgehead atoms. The fourth-order valence-electron chi connectivity index (χ4n) is 2.64. The molecule has 5 nitrogen and oxygen atoms in total. The Balaban J connectivity index is 1.93. The van der Waals surface area contributed by atoms with Gasteiger partial charge in [0.1, 0.15) is 0 Å². The molecule has 116 valence electrons. The summed E-state index contributed by atoms with van der Waals surface area (Å²) in [5.41, 5.74) is 2.67. The average molecular weight is 292 g/mol. The van der Waals surface area contributed by atoms with Crippen LogP contribution < -0.4 is 10.6 Å². The maximum absolute atomic E-state index is 12.1. The normalized spacial score (nSPS) is 16.7. The lowest BCUT2D eigenvalue weighted by atomic mass is 10.1. The van der Waals surface area contributed by atoms with Gasteiger partial charge in [-0.15, -0.1) is 0 Å². The van der Waals surface area contributed by atoms with E-state index in [-0.39, 0.29) is 18.4 Å². The number of hydrogen-bond acceptors (Lipinski definition) is 4. The van der Waals surface area contributed by atoms with Crippen LogP contribution in [0.3, 0.4) is 0 Å². The van der Waals surface area contributed by atoms with Crippen molar-refractivity contribution in [2.45, 2.75) is 38.7 Å². The Kier molecular flexibility index (Phi) is 5.59. The van der Waals surface area contributed by atoms with Crippen LogP contribution in [0, 0.1) is 12.8 Å². The topological polar surface area (TPSA) is 81.6 Å². The van der Waals surface area contributed by atoms with E-state index in [1.807, 2.05) is 25.1 Å². The van der Waals surface area contributed by atoms with E-state index < -0.39 is 6.10 Å². The second-order valence-corrected chi connectivity index (χ2v) is 5.72. The van der Waals surface area contributed by atoms with Gasteiger partial charge in [-0.25, -0.2) is 0 Å². The standard InChI is InChI=1S/C16H24N2O3/c1-11-8-13(17-9-14(20)10-19)6-7-15(11)18-16(21)12-4-2-3-5-12/h6-8,12,14,17,19-20H,2-5,9-10H2,1H3,(H,18,21). The van der Waals surface area contributed by atoms with E-state index in [2.05, 4.69) is 10.6 Å². The van der Waals surface area contributed by atoms with Crippen LogP contribution in [0.2, 0.25) is 0 Å². The number of hydrogen-bond donors (Lipinski definition) is 4. The predicted octanol–water partition coefficient (Wildman–Crippen LogP) is 1.89. The lowest BCUT2D eigenvalue weighted by molar-refractivity contribution is -0.119. The number of aryl methyl sites for hydroxylation is 1. The Morgan fingerprint density at radius 1 is 1.38 bits per heavy atom. The van der Waals surface area contributed by atoms with E-state index in [0.717, 1.165) is 42.6 Å². The smallest absolute Gasteiger partial charge is 0.227 e. The summed E-state index contributed by atoms with van der Waals surface area (Å²) in [4.78, 5) is 12.1. The van der Waals surface area contributed by atoms with Crippen molar-refractivity contribution in [2.24, 2.45) is 5.92 Å². The van der Waals surface area contributed by atoms with Gasteiger partial charge in [0, 0.05) is 23.8 Å². The predicted molar refractivity (Wildman–Crippen MR) is 83.3 cm³/mol. The zero-order chi connectivity index (χ0) is 15.2. The van der Waals surface area contributed by atoms with Crippen LogP contribution in [-0.4, -0.2) is 35.4 Å². The summed E-state index contributed by atoms with van der Waals surface area (Å²) in [5, 5.41) is 24.1. The number of anilines is 2. The zero-order valence-corrected chi connectivity index (χ0v) is 12.4. The van der Waals surface area contributed by atoms with Crippen molar-refractivity contribution in [3.8, 4) is 0 Å². The van der Waals surface area contributed by atoms with E-state index in [0.29, 0.717) is 6.54 Å². The van der Waals surface area contributed by atoms with E-state index in [1.165, 1.54) is 0 Å². The van der Waals surface area contributed by atoms with Crippen molar-refractivity contribution in [1.82, 2.24) is 0 Å². The van der Waals surface area contributed by atoms with Gasteiger partial charge in [0.05, 0.1) is 12.7 Å². The van der Waals surface area contributed by atoms with Gasteiger partial charge in [-0.05, 0) is 43.5 Å². The van der Waals surface area contributed by atoms with Gasteiger partial charge in [0.2, 0.25) is 5.91 Å². The second kappa shape index (κ2) is 7.43. The summed E-state index contributed by atoms with van der Waals surface area (Å²) in [6.07, 6.45) is 3.50. The summed E-state index contributed by atoms with van der Waals surface area (Å²) in [5.74, 6) is 0.272. The minimum absolute atomic E-state index is 0.118. The molecule has 4 N–H and O–H groups in total. The highest BCUT2D eigenvalue weighted by Gasteiger charge is 2.22. The first-order valence-electron chi connectivity index (χ1n) is 7.54. The Morgan fingerprint density at radius 3 is 2.71 bits per heavy atom. The minimum atomic E-state index is -0.771. The number of amides is 1. The van der Waals surface area contributed by atoms with Crippen molar-refractivity contribution in [2.75, 3.05) is 23.8 Å². The molecule has 2 rings (SSSR count). The summed E-state index contributed by atoms with van der Waals surface area (Å²) in [6, 6.07) is 5.66. The largest absolute Gasteiger partial charge is 0.394 e. The maximum Gasteiger partial charge on any atom is 0.227 e. The van der Waals surface area contributed by atoms with Crippen LogP contribution in [0.15, 0.2) is 18.2 Å². The molecule has 5 heteroatoms. The van der Waals surface area contributed by atoms with Crippen LogP contribution in [0.5, 0.6) is 0 Å². The number of carbonyl (C=O) groups is 1. The summed E-state index contributed by atoms with van der Waals surface area (Å²) in [7, 11) is 0. The highest BCUT2D eigenvalue weighted by Crippen LogP contribution is 2.27. The highest BCUT2D eigenvalue weighted by molar-refractivity contribution is 5.93. The minimum Gasteiger partial charge on any atom is -0.394 e. The molecule has 21 heavy (non-hydrogen) atoms. The molecule has 1 aromatic carbocycles. The van der Waals surface area contributed by atoms with Gasteiger partial charge in [-0.1, -0.05) is 12.8 Å². The van der Waals surface area contributed by atoms with Crippen molar-refractivity contribution < 1.29 is 15.0 Å². The molecule has 0 heterocycles. The van der Waals surface area contributed by atoms with Gasteiger partial charge in [0.25, 0.3) is 0 Å². The van der Waals surface area contributed by atoms with Crippen LogP contribution >= 0.6 is 0 Å². The second-order valence-electron chi connectivity index (χ2n) is 5.72. The lowest BCUT2D eigenvalue weighted by Gasteiger charge is -2.15. The van der Waals surface area contributed by atoms with E-state index >= 15 is 0 Å². The van der Waals surface area contributed by atoms with Gasteiger partial charge in [-0.2, -0.15) is 0 Å². The van der Waals surface area contributed by atoms with E-state index in [1.54, 1.807) is 0 Å². The first kappa shape index (κ1) is 15.8. The van der Waals surface area contributed by atoms with Crippen molar-refractivity contribution in [1.29, 1.82) is 0 Å². The SMILES string of the molecule is Cc1cc(NCC(O)CO)ccc1NC(=O)C1CCCC1. The molecule has 0 aromatic heterocycles. The average Bonchev–Trinajstić information content (AvgIpc) is 3.01. The fraction of sp³-hybridized carbons (Fsp3) is 0.562. The Hall–Kier alpha value is -1.59. The summed E-state index contributed by atoms with van der Waals surface area (Å²) in [6.45, 7) is 1.98. The zero-order valence-electron chi connectivity index (χ0n) is 12.4. The molecule has 1 amide bonds. The molecule has 0 spiro atoms. The first-order valence-corrected chi connectivity index (χ1v) is 7.54. The number of nitrogens with one attached hydrogen (secondary N) is 2. The van der Waals surface area contributed by atoms with Crippen molar-refractivity contribution in [3.63, 3.8) is 0 Å². The van der Waals surface area contributed by atoms with Crippen LogP contribution in [0.25, 0.3) is 0 Å². The summed E-state index contributed by atoms with van der Waals surface area (Å²) < 4.78 is 0. The lowest BCUT2D eigenvalue weighted by Crippen LogP contribution is -2.23. The van der Waals surface area contributed by atoms with Gasteiger partial charge < -0.3 is 20.8 Å². The molecule has 1 aromatic rings. The van der Waals surface area contributed by atoms with E-state index in [9.17, 15) is 9.90 Å². The number of aliphatic hydroxyl groups excluding tert-OH is 2. The Morgan fingerprint density at radius 2 is 2.10 bits per heavy atom. The van der Waals surface area contributed by atoms with Gasteiger partial charge in [0.15, 0.2) is 0 Å². The number of aliphatic hydroxyl groups is 2. The molecule has 1 saturated carbocycles. The quantitative estimate of drug-likeness (QED) is 0.645. The van der Waals surface area contributed by atoms with E-state index in [4.69, 9.17) is 5.11 Å². The van der Waals surface area contributed by atoms with Crippen LogP contribution in [0.4, 0.5) is 11.4 Å². The molecular weight excluding hydrogens is 268 g/mol. The summed E-state index contributed by atoms with van der Waals surface area (Å²) >= 11 is 0. The third-order valence-electron chi connectivity index (χ3n) is 3.96. The number of carbonyl (C=O) groups excluding carboxylic acids is 1. The molecular formula is C16H24N2O3. The monoisotopic (exact) mass is 292 g/mol. The van der Waals surface area contributed by atoms with Gasteiger partial charge in [-0.3, -0.25) is 4.79 Å². The Labute approximate surface area is 125 Å². The van der Waals surface area contributed by atoms with Crippen LogP contribution in [0.1, 0.15) is 31.2 Å². The Bertz CT molecular complexity index is 484. The first-order chi connectivity index (χ1) is 10.1. The van der Waals surface area contributed by atoms with Gasteiger partial charge >= 0.3 is 0 Å². The molecule has 0 aliphatic heterocycles.